The van der Waals surface area contributed by atoms with Gasteiger partial charge in [-0.05, 0) is 31.2 Å². The number of benzene rings is 1. The van der Waals surface area contributed by atoms with Crippen LogP contribution in [0.25, 0.3) is 0 Å². The lowest BCUT2D eigenvalue weighted by Gasteiger charge is -2.41. The third-order valence-corrected chi connectivity index (χ3v) is 6.73. The second-order valence-electron chi connectivity index (χ2n) is 9.00. The zero-order valence-corrected chi connectivity index (χ0v) is 18.1. The predicted octanol–water partition coefficient (Wildman–Crippen LogP) is 1.94. The molecule has 1 atom stereocenters. The predicted molar refractivity (Wildman–Crippen MR) is 117 cm³/mol. The number of aliphatic hydroxyl groups excluding tert-OH is 1. The summed E-state index contributed by atoms with van der Waals surface area (Å²) in [6, 6.07) is 11.8. The first-order chi connectivity index (χ1) is 15.4. The highest BCUT2D eigenvalue weighted by atomic mass is 16.3. The standard InChI is InChI=1S/C24H29N5O3/c25-11-8-24(9-12-28(13-10-24)16-22(31)17-4-2-1-3-5-17)29-15-19(23(26)32)20(27-29)14-21(30)18-6-7-18/h1-5,15,18,22,31H,6-10,12-14,16H2,(H2,26,32). The van der Waals surface area contributed by atoms with Crippen molar-refractivity contribution in [1.29, 1.82) is 5.26 Å². The van der Waals surface area contributed by atoms with Gasteiger partial charge in [0.15, 0.2) is 0 Å². The number of aromatic nitrogens is 2. The summed E-state index contributed by atoms with van der Waals surface area (Å²) in [5.74, 6) is -0.435. The van der Waals surface area contributed by atoms with Crippen LogP contribution in [-0.4, -0.2) is 51.1 Å². The van der Waals surface area contributed by atoms with Crippen molar-refractivity contribution in [3.63, 3.8) is 0 Å². The molecule has 1 unspecified atom stereocenters. The molecular weight excluding hydrogens is 406 g/mol. The number of piperidine rings is 1. The summed E-state index contributed by atoms with van der Waals surface area (Å²) in [4.78, 5) is 26.5. The zero-order chi connectivity index (χ0) is 22.7. The molecule has 3 N–H and O–H groups in total. The van der Waals surface area contributed by atoms with E-state index in [9.17, 15) is 20.0 Å². The number of aliphatic hydroxyl groups is 1. The lowest BCUT2D eigenvalue weighted by molar-refractivity contribution is -0.119. The fraction of sp³-hybridized carbons (Fsp3) is 0.500. The van der Waals surface area contributed by atoms with Crippen molar-refractivity contribution < 1.29 is 14.7 Å². The molecule has 1 amide bonds. The van der Waals surface area contributed by atoms with E-state index < -0.39 is 17.6 Å². The highest BCUT2D eigenvalue weighted by molar-refractivity contribution is 5.95. The molecule has 2 heterocycles. The van der Waals surface area contributed by atoms with Gasteiger partial charge in [0.25, 0.3) is 5.91 Å². The fourth-order valence-corrected chi connectivity index (χ4v) is 4.51. The Morgan fingerprint density at radius 3 is 2.53 bits per heavy atom. The lowest BCUT2D eigenvalue weighted by atomic mass is 9.84. The van der Waals surface area contributed by atoms with E-state index in [1.807, 2.05) is 30.3 Å². The summed E-state index contributed by atoms with van der Waals surface area (Å²) in [5.41, 5.74) is 6.56. The molecule has 1 saturated heterocycles. The van der Waals surface area contributed by atoms with Crippen LogP contribution in [0.2, 0.25) is 0 Å². The number of rotatable bonds is 9. The second kappa shape index (κ2) is 9.23. The molecule has 1 aliphatic heterocycles. The van der Waals surface area contributed by atoms with E-state index in [1.165, 1.54) is 0 Å². The van der Waals surface area contributed by atoms with Crippen LogP contribution < -0.4 is 5.73 Å². The third-order valence-electron chi connectivity index (χ3n) is 6.73. The van der Waals surface area contributed by atoms with Gasteiger partial charge in [0.2, 0.25) is 0 Å². The van der Waals surface area contributed by atoms with Gasteiger partial charge in [0.05, 0.1) is 41.8 Å². The number of carbonyl (C=O) groups excluding carboxylic acids is 2. The molecule has 8 heteroatoms. The number of ketones is 1. The summed E-state index contributed by atoms with van der Waals surface area (Å²) in [6.07, 6.45) is 4.49. The Balaban J connectivity index is 1.49. The number of primary amides is 1. The summed E-state index contributed by atoms with van der Waals surface area (Å²) >= 11 is 0. The molecular formula is C24H29N5O3. The van der Waals surface area contributed by atoms with Crippen LogP contribution >= 0.6 is 0 Å². The van der Waals surface area contributed by atoms with Gasteiger partial charge >= 0.3 is 0 Å². The molecule has 0 bridgehead atoms. The van der Waals surface area contributed by atoms with Crippen LogP contribution in [0.5, 0.6) is 0 Å². The molecule has 2 aromatic rings. The quantitative estimate of drug-likeness (QED) is 0.620. The van der Waals surface area contributed by atoms with Crippen LogP contribution in [0.15, 0.2) is 36.5 Å². The molecule has 1 aromatic heterocycles. The molecule has 2 fully saturated rings. The van der Waals surface area contributed by atoms with Gasteiger partial charge in [0.1, 0.15) is 5.78 Å². The van der Waals surface area contributed by atoms with Crippen LogP contribution in [0, 0.1) is 17.2 Å². The molecule has 0 radical (unpaired) electrons. The normalized spacial score (nSPS) is 19.2. The summed E-state index contributed by atoms with van der Waals surface area (Å²) < 4.78 is 1.71. The number of carbonyl (C=O) groups is 2. The van der Waals surface area contributed by atoms with Crippen LogP contribution in [-0.2, 0) is 16.8 Å². The van der Waals surface area contributed by atoms with E-state index in [-0.39, 0.29) is 30.1 Å². The van der Waals surface area contributed by atoms with Gasteiger partial charge in [0, 0.05) is 31.7 Å². The van der Waals surface area contributed by atoms with Crippen molar-refractivity contribution in [2.75, 3.05) is 19.6 Å². The molecule has 2 aliphatic rings. The first kappa shape index (κ1) is 22.2. The number of nitriles is 1. The van der Waals surface area contributed by atoms with Crippen LogP contribution in [0.4, 0.5) is 0 Å². The molecule has 32 heavy (non-hydrogen) atoms. The molecule has 1 aromatic carbocycles. The Kier molecular flexibility index (Phi) is 6.40. The number of nitrogens with zero attached hydrogens (tertiary/aromatic N) is 4. The van der Waals surface area contributed by atoms with Gasteiger partial charge < -0.3 is 15.7 Å². The summed E-state index contributed by atoms with van der Waals surface area (Å²) in [7, 11) is 0. The zero-order valence-electron chi connectivity index (χ0n) is 18.1. The van der Waals surface area contributed by atoms with E-state index in [1.54, 1.807) is 10.9 Å². The van der Waals surface area contributed by atoms with Crippen molar-refractivity contribution in [1.82, 2.24) is 14.7 Å². The monoisotopic (exact) mass is 435 g/mol. The number of hydrogen-bond acceptors (Lipinski definition) is 6. The minimum absolute atomic E-state index is 0.0771. The van der Waals surface area contributed by atoms with Crippen molar-refractivity contribution in [2.24, 2.45) is 11.7 Å². The topological polar surface area (TPSA) is 125 Å². The number of hydrogen-bond donors (Lipinski definition) is 2. The maximum Gasteiger partial charge on any atom is 0.252 e. The Morgan fingerprint density at radius 2 is 1.94 bits per heavy atom. The van der Waals surface area contributed by atoms with Gasteiger partial charge in [-0.3, -0.25) is 14.3 Å². The smallest absolute Gasteiger partial charge is 0.252 e. The first-order valence-corrected chi connectivity index (χ1v) is 11.2. The van der Waals surface area contributed by atoms with Crippen LogP contribution in [0.1, 0.15) is 59.8 Å². The largest absolute Gasteiger partial charge is 0.387 e. The summed E-state index contributed by atoms with van der Waals surface area (Å²) in [5, 5.41) is 24.7. The molecule has 4 rings (SSSR count). The first-order valence-electron chi connectivity index (χ1n) is 11.2. The highest BCUT2D eigenvalue weighted by Gasteiger charge is 2.39. The van der Waals surface area contributed by atoms with Gasteiger partial charge in [-0.15, -0.1) is 0 Å². The van der Waals surface area contributed by atoms with E-state index in [0.29, 0.717) is 38.2 Å². The Labute approximate surface area is 187 Å². The van der Waals surface area contributed by atoms with Crippen molar-refractivity contribution in [2.45, 2.75) is 50.2 Å². The molecule has 1 saturated carbocycles. The number of β-amino-alcohol motifs (C(OH)–C–C–N with tert-alkyl or cyclic N) is 1. The van der Waals surface area contributed by atoms with Gasteiger partial charge in [-0.1, -0.05) is 30.3 Å². The lowest BCUT2D eigenvalue weighted by Crippen LogP contribution is -2.47. The van der Waals surface area contributed by atoms with E-state index in [2.05, 4.69) is 16.1 Å². The maximum atomic E-state index is 12.3. The molecule has 1 aliphatic carbocycles. The van der Waals surface area contributed by atoms with Gasteiger partial charge in [-0.2, -0.15) is 10.4 Å². The van der Waals surface area contributed by atoms with Crippen LogP contribution in [0.3, 0.4) is 0 Å². The third kappa shape index (κ3) is 4.74. The Morgan fingerprint density at radius 1 is 1.25 bits per heavy atom. The Hall–Kier alpha value is -3.02. The van der Waals surface area contributed by atoms with E-state index in [4.69, 9.17) is 5.73 Å². The highest BCUT2D eigenvalue weighted by Crippen LogP contribution is 2.35. The van der Waals surface area contributed by atoms with Crippen molar-refractivity contribution in [3.05, 3.63) is 53.3 Å². The number of likely N-dealkylation sites (tertiary alicyclic amines) is 1. The van der Waals surface area contributed by atoms with Gasteiger partial charge in [-0.25, -0.2) is 0 Å². The fourth-order valence-electron chi connectivity index (χ4n) is 4.51. The van der Waals surface area contributed by atoms with E-state index >= 15 is 0 Å². The SMILES string of the molecule is N#CCC1(n2cc(C(N)=O)c(CC(=O)C3CC3)n2)CCN(CC(O)c2ccccc2)CC1. The minimum Gasteiger partial charge on any atom is -0.387 e. The second-order valence-corrected chi connectivity index (χ2v) is 9.00. The van der Waals surface area contributed by atoms with Crippen molar-refractivity contribution in [3.8, 4) is 6.07 Å². The Bertz CT molecular complexity index is 1010. The average molecular weight is 436 g/mol. The molecule has 168 valence electrons. The number of nitrogens with two attached hydrogens (primary N) is 1. The minimum atomic E-state index is -0.606. The van der Waals surface area contributed by atoms with E-state index in [0.717, 1.165) is 18.4 Å². The number of Topliss-reactive ketones (excluding diaryl/α,β-unsaturated/α-hetero) is 1. The van der Waals surface area contributed by atoms with Crippen molar-refractivity contribution >= 4 is 11.7 Å². The maximum absolute atomic E-state index is 12.3. The summed E-state index contributed by atoms with van der Waals surface area (Å²) in [6.45, 7) is 1.89. The molecule has 8 nitrogen and oxygen atoms in total. The number of amides is 1. The average Bonchev–Trinajstić information content (AvgIpc) is 3.56. The molecule has 0 spiro atoms.